The molecular weight excluding hydrogens is 488 g/mol. The van der Waals surface area contributed by atoms with E-state index in [1.807, 2.05) is 13.8 Å². The summed E-state index contributed by atoms with van der Waals surface area (Å²) in [5.41, 5.74) is 0.276. The van der Waals surface area contributed by atoms with E-state index in [2.05, 4.69) is 15.4 Å². The zero-order valence-electron chi connectivity index (χ0n) is 21.2. The molecule has 0 atom stereocenters. The van der Waals surface area contributed by atoms with Crippen molar-refractivity contribution in [3.63, 3.8) is 0 Å². The van der Waals surface area contributed by atoms with Crippen molar-refractivity contribution in [3.05, 3.63) is 113 Å². The average Bonchev–Trinajstić information content (AvgIpc) is 3.52. The van der Waals surface area contributed by atoms with Crippen LogP contribution in [0.5, 0.6) is 0 Å². The molecule has 0 aliphatic rings. The van der Waals surface area contributed by atoms with Crippen LogP contribution >= 0.6 is 0 Å². The molecule has 0 bridgehead atoms. The van der Waals surface area contributed by atoms with Gasteiger partial charge in [-0.05, 0) is 45.0 Å². The fraction of sp³-hybridized carbons (Fsp3) is 0.207. The summed E-state index contributed by atoms with van der Waals surface area (Å²) in [6.45, 7) is 6.53. The lowest BCUT2D eigenvalue weighted by Crippen LogP contribution is -2.33. The largest absolute Gasteiger partial charge is 0.374 e. The summed E-state index contributed by atoms with van der Waals surface area (Å²) in [6.07, 6.45) is 3.30. The molecule has 1 amide bonds. The normalized spacial score (nSPS) is 11.7. The number of halogens is 2. The summed E-state index contributed by atoms with van der Waals surface area (Å²) in [7, 11) is 0. The fourth-order valence-corrected chi connectivity index (χ4v) is 4.87. The minimum absolute atomic E-state index is 0.0924. The van der Waals surface area contributed by atoms with E-state index in [1.54, 1.807) is 52.8 Å². The van der Waals surface area contributed by atoms with Crippen molar-refractivity contribution in [2.75, 3.05) is 5.32 Å². The second-order valence-corrected chi connectivity index (χ2v) is 9.01. The molecule has 0 radical (unpaired) electrons. The molecule has 3 aromatic heterocycles. The van der Waals surface area contributed by atoms with Crippen LogP contribution in [0.3, 0.4) is 0 Å². The van der Waals surface area contributed by atoms with Gasteiger partial charge in [-0.25, -0.2) is 8.78 Å². The minimum atomic E-state index is -2.17. The second-order valence-electron chi connectivity index (χ2n) is 9.01. The highest BCUT2D eigenvalue weighted by atomic mass is 19.1. The third-order valence-electron chi connectivity index (χ3n) is 6.75. The number of aliphatic hydroxyl groups is 1. The monoisotopic (exact) mass is 515 g/mol. The number of amides is 1. The zero-order valence-corrected chi connectivity index (χ0v) is 21.2. The Balaban J connectivity index is 1.70. The number of aromatic nitrogens is 4. The lowest BCUT2D eigenvalue weighted by atomic mass is 9.82. The highest BCUT2D eigenvalue weighted by molar-refractivity contribution is 6.06. The summed E-state index contributed by atoms with van der Waals surface area (Å²) in [5, 5.41) is 19.3. The van der Waals surface area contributed by atoms with Crippen molar-refractivity contribution in [2.24, 2.45) is 0 Å². The van der Waals surface area contributed by atoms with E-state index in [1.165, 1.54) is 36.4 Å². The van der Waals surface area contributed by atoms with Crippen LogP contribution in [-0.4, -0.2) is 30.3 Å². The van der Waals surface area contributed by atoms with Crippen LogP contribution in [0.15, 0.2) is 73.1 Å². The van der Waals surface area contributed by atoms with Crippen molar-refractivity contribution in [1.82, 2.24) is 19.3 Å². The number of nitrogens with zero attached hydrogens (tertiary/aromatic N) is 4. The van der Waals surface area contributed by atoms with E-state index in [9.17, 15) is 9.90 Å². The standard InChI is InChI=1S/C29H27F2N5O2/c1-4-35-17-19(16-32-35)34-28(37)20-14-26-25(33-18(20)3)15-27(36(26)5-2)29(38,21-10-6-8-12-23(21)30)22-11-7-9-13-24(22)31/h6-17,38H,4-5H2,1-3H3,(H,34,37). The van der Waals surface area contributed by atoms with E-state index in [0.717, 1.165) is 0 Å². The maximum absolute atomic E-state index is 15.2. The smallest absolute Gasteiger partial charge is 0.257 e. The van der Waals surface area contributed by atoms with Gasteiger partial charge in [0.05, 0.1) is 39.9 Å². The van der Waals surface area contributed by atoms with Crippen LogP contribution in [0, 0.1) is 18.6 Å². The van der Waals surface area contributed by atoms with E-state index in [4.69, 9.17) is 0 Å². The van der Waals surface area contributed by atoms with E-state index in [-0.39, 0.29) is 22.7 Å². The molecule has 38 heavy (non-hydrogen) atoms. The number of nitrogens with one attached hydrogen (secondary N) is 1. The van der Waals surface area contributed by atoms with Crippen molar-refractivity contribution >= 4 is 22.6 Å². The van der Waals surface area contributed by atoms with Gasteiger partial charge in [-0.1, -0.05) is 36.4 Å². The highest BCUT2D eigenvalue weighted by Crippen LogP contribution is 2.41. The number of rotatable bonds is 7. The first-order valence-electron chi connectivity index (χ1n) is 12.3. The molecule has 5 rings (SSSR count). The van der Waals surface area contributed by atoms with Gasteiger partial charge in [0, 0.05) is 30.4 Å². The maximum Gasteiger partial charge on any atom is 0.257 e. The van der Waals surface area contributed by atoms with E-state index < -0.39 is 17.2 Å². The van der Waals surface area contributed by atoms with Crippen LogP contribution in [0.25, 0.3) is 11.0 Å². The summed E-state index contributed by atoms with van der Waals surface area (Å²) >= 11 is 0. The molecule has 2 aromatic carbocycles. The Kier molecular flexibility index (Phi) is 6.54. The Morgan fingerprint density at radius 3 is 2.18 bits per heavy atom. The molecule has 3 heterocycles. The third-order valence-corrected chi connectivity index (χ3v) is 6.75. The number of fused-ring (bicyclic) bond motifs is 1. The first-order valence-corrected chi connectivity index (χ1v) is 12.3. The lowest BCUT2D eigenvalue weighted by Gasteiger charge is -2.31. The number of hydrogen-bond acceptors (Lipinski definition) is 4. The topological polar surface area (TPSA) is 85.0 Å². The number of benzene rings is 2. The highest BCUT2D eigenvalue weighted by Gasteiger charge is 2.41. The molecule has 0 aliphatic carbocycles. The predicted molar refractivity (Wildman–Crippen MR) is 141 cm³/mol. The summed E-state index contributed by atoms with van der Waals surface area (Å²) in [6, 6.07) is 14.8. The molecule has 5 aromatic rings. The van der Waals surface area contributed by atoms with Crippen LogP contribution < -0.4 is 5.32 Å². The van der Waals surface area contributed by atoms with Gasteiger partial charge in [-0.3, -0.25) is 14.5 Å². The molecule has 7 nitrogen and oxygen atoms in total. The Labute approximate surface area is 218 Å². The quantitative estimate of drug-likeness (QED) is 0.304. The number of aryl methyl sites for hydroxylation is 3. The van der Waals surface area contributed by atoms with Gasteiger partial charge in [-0.2, -0.15) is 5.10 Å². The second kappa shape index (κ2) is 9.83. The zero-order chi connectivity index (χ0) is 27.0. The van der Waals surface area contributed by atoms with Gasteiger partial charge in [0.2, 0.25) is 0 Å². The lowest BCUT2D eigenvalue weighted by molar-refractivity contribution is 0.102. The van der Waals surface area contributed by atoms with Gasteiger partial charge in [-0.15, -0.1) is 0 Å². The molecule has 0 unspecified atom stereocenters. The molecule has 0 spiro atoms. The van der Waals surface area contributed by atoms with Crippen LogP contribution in [0.4, 0.5) is 14.5 Å². The van der Waals surface area contributed by atoms with Crippen LogP contribution in [0.2, 0.25) is 0 Å². The number of carbonyl (C=O) groups excluding carboxylic acids is 1. The van der Waals surface area contributed by atoms with Crippen molar-refractivity contribution in [3.8, 4) is 0 Å². The van der Waals surface area contributed by atoms with Gasteiger partial charge < -0.3 is 15.0 Å². The van der Waals surface area contributed by atoms with Gasteiger partial charge in [0.25, 0.3) is 5.91 Å². The number of carbonyl (C=O) groups is 1. The average molecular weight is 516 g/mol. The summed E-state index contributed by atoms with van der Waals surface area (Å²) < 4.78 is 33.8. The first kappa shape index (κ1) is 25.3. The first-order chi connectivity index (χ1) is 18.3. The summed E-state index contributed by atoms with van der Waals surface area (Å²) in [5.74, 6) is -1.72. The maximum atomic E-state index is 15.2. The molecule has 0 aliphatic heterocycles. The molecule has 9 heteroatoms. The molecule has 2 N–H and O–H groups in total. The number of hydrogen-bond donors (Lipinski definition) is 2. The number of pyridine rings is 1. The Morgan fingerprint density at radius 1 is 1.00 bits per heavy atom. The Morgan fingerprint density at radius 2 is 1.63 bits per heavy atom. The minimum Gasteiger partial charge on any atom is -0.374 e. The number of anilines is 1. The van der Waals surface area contributed by atoms with E-state index >= 15 is 8.78 Å². The summed E-state index contributed by atoms with van der Waals surface area (Å²) in [4.78, 5) is 17.8. The molecular formula is C29H27F2N5O2. The molecule has 0 fully saturated rings. The van der Waals surface area contributed by atoms with Crippen molar-refractivity contribution in [2.45, 2.75) is 39.5 Å². The molecule has 194 valence electrons. The van der Waals surface area contributed by atoms with Crippen molar-refractivity contribution in [1.29, 1.82) is 0 Å². The third kappa shape index (κ3) is 4.14. The van der Waals surface area contributed by atoms with Crippen LogP contribution in [0.1, 0.15) is 46.7 Å². The van der Waals surface area contributed by atoms with Gasteiger partial charge >= 0.3 is 0 Å². The van der Waals surface area contributed by atoms with Gasteiger partial charge in [0.15, 0.2) is 5.60 Å². The fourth-order valence-electron chi connectivity index (χ4n) is 4.87. The Hall–Kier alpha value is -4.37. The van der Waals surface area contributed by atoms with Crippen LogP contribution in [-0.2, 0) is 18.7 Å². The van der Waals surface area contributed by atoms with E-state index in [0.29, 0.717) is 41.1 Å². The van der Waals surface area contributed by atoms with Crippen molar-refractivity contribution < 1.29 is 18.7 Å². The van der Waals surface area contributed by atoms with Gasteiger partial charge in [0.1, 0.15) is 11.6 Å². The Bertz CT molecular complexity index is 1610. The molecule has 0 saturated heterocycles. The molecule has 0 saturated carbocycles. The predicted octanol–water partition coefficient (Wildman–Crippen LogP) is 5.40. The SMILES string of the molecule is CCn1cc(NC(=O)c2cc3c(cc(C(O)(c4ccccc4F)c4ccccc4F)n3CC)nc2C)cn1.